The lowest BCUT2D eigenvalue weighted by Crippen LogP contribution is -2.54. The first-order valence-corrected chi connectivity index (χ1v) is 9.58. The highest BCUT2D eigenvalue weighted by molar-refractivity contribution is 7.89. The molecule has 1 aromatic carbocycles. The molecule has 3 heterocycles. The molecule has 0 amide bonds. The van der Waals surface area contributed by atoms with Crippen molar-refractivity contribution in [2.45, 2.75) is 24.3 Å². The number of sulfonamides is 1. The zero-order valence-electron chi connectivity index (χ0n) is 13.8. The first kappa shape index (κ1) is 16.7. The normalized spacial score (nSPS) is 27.7. The Hall–Kier alpha value is -1.15. The molecule has 3 atom stereocenters. The third-order valence-corrected chi connectivity index (χ3v) is 6.37. The molecule has 0 aromatic heterocycles. The van der Waals surface area contributed by atoms with Crippen LogP contribution in [0, 0.1) is 6.92 Å². The van der Waals surface area contributed by atoms with Crippen molar-refractivity contribution < 1.29 is 13.2 Å². The number of fused-ring (bicyclic) bond motifs is 4. The van der Waals surface area contributed by atoms with E-state index in [0.29, 0.717) is 22.8 Å². The minimum atomic E-state index is -3.49. The van der Waals surface area contributed by atoms with E-state index in [1.165, 1.54) is 6.42 Å². The number of benzene rings is 1. The van der Waals surface area contributed by atoms with E-state index in [1.807, 2.05) is 0 Å². The summed E-state index contributed by atoms with van der Waals surface area (Å²) in [6.07, 6.45) is 1.17. The topological polar surface area (TPSA) is 61.9 Å². The molecule has 0 spiro atoms. The molecule has 0 aliphatic carbocycles. The molecule has 128 valence electrons. The third-order valence-electron chi connectivity index (χ3n) is 4.79. The molecule has 23 heavy (non-hydrogen) atoms. The number of hydrogen-bond acceptors (Lipinski definition) is 5. The molecular weight excluding hydrogens is 314 g/mol. The van der Waals surface area contributed by atoms with E-state index in [4.69, 9.17) is 4.74 Å². The number of aryl methyl sites for hydroxylation is 1. The molecule has 3 aliphatic heterocycles. The minimum Gasteiger partial charge on any atom is -0.497 e. The van der Waals surface area contributed by atoms with Crippen LogP contribution < -0.4 is 9.46 Å². The van der Waals surface area contributed by atoms with Crippen molar-refractivity contribution in [3.63, 3.8) is 0 Å². The SMILES string of the molecule is COc1ccc(S(=O)(=O)NCC2CN3CCCN2CC3)c(C)c1. The molecule has 4 rings (SSSR count). The maximum absolute atomic E-state index is 12.6. The Morgan fingerprint density at radius 1 is 1.26 bits per heavy atom. The molecule has 7 heteroatoms. The molecule has 0 radical (unpaired) electrons. The van der Waals surface area contributed by atoms with Gasteiger partial charge >= 0.3 is 0 Å². The molecule has 3 saturated heterocycles. The second-order valence-corrected chi connectivity index (χ2v) is 8.06. The lowest BCUT2D eigenvalue weighted by molar-refractivity contribution is 0.116. The van der Waals surface area contributed by atoms with E-state index in [1.54, 1.807) is 32.2 Å². The number of methoxy groups -OCH3 is 1. The van der Waals surface area contributed by atoms with Gasteiger partial charge in [-0.3, -0.25) is 4.90 Å². The predicted octanol–water partition coefficient (Wildman–Crippen LogP) is 0.672. The number of nitrogens with one attached hydrogen (secondary N) is 1. The summed E-state index contributed by atoms with van der Waals surface area (Å²) in [5.74, 6) is 0.668. The highest BCUT2D eigenvalue weighted by Crippen LogP contribution is 2.21. The van der Waals surface area contributed by atoms with Gasteiger partial charge < -0.3 is 9.64 Å². The average molecular weight is 339 g/mol. The zero-order chi connectivity index (χ0) is 16.4. The smallest absolute Gasteiger partial charge is 0.240 e. The summed E-state index contributed by atoms with van der Waals surface area (Å²) in [7, 11) is -1.92. The number of nitrogens with zero attached hydrogens (tertiary/aromatic N) is 2. The van der Waals surface area contributed by atoms with Crippen LogP contribution in [-0.4, -0.2) is 70.6 Å². The first-order valence-electron chi connectivity index (χ1n) is 8.10. The maximum Gasteiger partial charge on any atom is 0.240 e. The summed E-state index contributed by atoms with van der Waals surface area (Å²) < 4.78 is 33.1. The number of ether oxygens (including phenoxy) is 1. The van der Waals surface area contributed by atoms with Gasteiger partial charge in [-0.15, -0.1) is 0 Å². The van der Waals surface area contributed by atoms with Crippen LogP contribution in [0.25, 0.3) is 0 Å². The van der Waals surface area contributed by atoms with Gasteiger partial charge in [-0.05, 0) is 50.2 Å². The van der Waals surface area contributed by atoms with Crippen molar-refractivity contribution in [2.24, 2.45) is 0 Å². The van der Waals surface area contributed by atoms with Crippen molar-refractivity contribution >= 4 is 10.0 Å². The molecule has 0 saturated carbocycles. The largest absolute Gasteiger partial charge is 0.497 e. The maximum atomic E-state index is 12.6. The fourth-order valence-electron chi connectivity index (χ4n) is 3.48. The molecule has 3 unspecified atom stereocenters. The van der Waals surface area contributed by atoms with Crippen LogP contribution in [0.2, 0.25) is 0 Å². The summed E-state index contributed by atoms with van der Waals surface area (Å²) in [5, 5.41) is 0. The van der Waals surface area contributed by atoms with E-state index in [9.17, 15) is 8.42 Å². The lowest BCUT2D eigenvalue weighted by Gasteiger charge is -2.37. The Labute approximate surface area is 138 Å². The fraction of sp³-hybridized carbons (Fsp3) is 0.625. The predicted molar refractivity (Wildman–Crippen MR) is 89.3 cm³/mol. The number of rotatable bonds is 5. The fourth-order valence-corrected chi connectivity index (χ4v) is 4.78. The van der Waals surface area contributed by atoms with Gasteiger partial charge in [-0.2, -0.15) is 0 Å². The van der Waals surface area contributed by atoms with Crippen LogP contribution in [0.4, 0.5) is 0 Å². The Morgan fingerprint density at radius 3 is 2.83 bits per heavy atom. The van der Waals surface area contributed by atoms with Crippen LogP contribution >= 0.6 is 0 Å². The van der Waals surface area contributed by atoms with Crippen LogP contribution in [0.5, 0.6) is 5.75 Å². The van der Waals surface area contributed by atoms with E-state index in [-0.39, 0.29) is 6.04 Å². The zero-order valence-corrected chi connectivity index (χ0v) is 14.6. The molecule has 3 fully saturated rings. The molecule has 1 aromatic rings. The van der Waals surface area contributed by atoms with E-state index in [0.717, 1.165) is 32.7 Å². The van der Waals surface area contributed by atoms with Gasteiger partial charge in [0.05, 0.1) is 12.0 Å². The monoisotopic (exact) mass is 339 g/mol. The highest BCUT2D eigenvalue weighted by Gasteiger charge is 2.30. The highest BCUT2D eigenvalue weighted by atomic mass is 32.2. The summed E-state index contributed by atoms with van der Waals surface area (Å²) in [4.78, 5) is 5.17. The van der Waals surface area contributed by atoms with E-state index in [2.05, 4.69) is 14.5 Å². The molecule has 6 nitrogen and oxygen atoms in total. The van der Waals surface area contributed by atoms with E-state index >= 15 is 0 Å². The number of piperazine rings is 1. The Morgan fingerprint density at radius 2 is 2.09 bits per heavy atom. The van der Waals surface area contributed by atoms with Gasteiger partial charge in [0.25, 0.3) is 0 Å². The Bertz CT molecular complexity index is 659. The van der Waals surface area contributed by atoms with Crippen LogP contribution in [0.15, 0.2) is 23.1 Å². The molecule has 1 N–H and O–H groups in total. The van der Waals surface area contributed by atoms with Crippen molar-refractivity contribution in [3.8, 4) is 5.75 Å². The minimum absolute atomic E-state index is 0.263. The summed E-state index contributed by atoms with van der Waals surface area (Å²) in [6, 6.07) is 5.31. The second-order valence-electron chi connectivity index (χ2n) is 6.33. The average Bonchev–Trinajstić information content (AvgIpc) is 2.88. The van der Waals surface area contributed by atoms with Crippen LogP contribution in [0.1, 0.15) is 12.0 Å². The molecular formula is C16H25N3O3S. The van der Waals surface area contributed by atoms with Crippen molar-refractivity contribution in [1.29, 1.82) is 0 Å². The third kappa shape index (κ3) is 3.68. The Kier molecular flexibility index (Phi) is 4.91. The van der Waals surface area contributed by atoms with Crippen molar-refractivity contribution in [2.75, 3.05) is 46.4 Å². The second kappa shape index (κ2) is 6.76. The van der Waals surface area contributed by atoms with Gasteiger partial charge in [-0.25, -0.2) is 13.1 Å². The molecule has 2 bridgehead atoms. The Balaban J connectivity index is 1.69. The standard InChI is InChI=1S/C16H25N3O3S/c1-13-10-15(22-2)4-5-16(13)23(20,21)17-11-14-12-18-6-3-7-19(14)9-8-18/h4-5,10,14,17H,3,6-9,11-12H2,1-2H3. The van der Waals surface area contributed by atoms with Gasteiger partial charge in [0, 0.05) is 32.2 Å². The first-order chi connectivity index (χ1) is 11.0. The van der Waals surface area contributed by atoms with Gasteiger partial charge in [-0.1, -0.05) is 0 Å². The summed E-state index contributed by atoms with van der Waals surface area (Å²) in [6.45, 7) is 7.52. The van der Waals surface area contributed by atoms with Crippen molar-refractivity contribution in [3.05, 3.63) is 23.8 Å². The summed E-state index contributed by atoms with van der Waals surface area (Å²) in [5.41, 5.74) is 0.697. The quantitative estimate of drug-likeness (QED) is 0.854. The van der Waals surface area contributed by atoms with Crippen molar-refractivity contribution in [1.82, 2.24) is 14.5 Å². The molecule has 3 aliphatic rings. The van der Waals surface area contributed by atoms with Gasteiger partial charge in [0.2, 0.25) is 10.0 Å². The number of hydrogen-bond donors (Lipinski definition) is 1. The summed E-state index contributed by atoms with van der Waals surface area (Å²) >= 11 is 0. The van der Waals surface area contributed by atoms with Crippen LogP contribution in [-0.2, 0) is 10.0 Å². The van der Waals surface area contributed by atoms with Crippen LogP contribution in [0.3, 0.4) is 0 Å². The van der Waals surface area contributed by atoms with E-state index < -0.39 is 10.0 Å². The van der Waals surface area contributed by atoms with Gasteiger partial charge in [0.15, 0.2) is 0 Å². The lowest BCUT2D eigenvalue weighted by atomic mass is 10.2. The van der Waals surface area contributed by atoms with Gasteiger partial charge in [0.1, 0.15) is 5.75 Å².